The van der Waals surface area contributed by atoms with Crippen molar-refractivity contribution < 1.29 is 9.90 Å². The molecule has 0 atom stereocenters. The summed E-state index contributed by atoms with van der Waals surface area (Å²) < 4.78 is 0. The first kappa shape index (κ1) is 34.4. The highest BCUT2D eigenvalue weighted by Gasteiger charge is 2.12. The molecule has 0 spiro atoms. The van der Waals surface area contributed by atoms with Gasteiger partial charge in [0.15, 0.2) is 0 Å². The first-order chi connectivity index (χ1) is 17.1. The van der Waals surface area contributed by atoms with Gasteiger partial charge in [-0.3, -0.25) is 9.69 Å². The molecule has 0 unspecified atom stereocenters. The Kier molecular flexibility index (Phi) is 27.5. The highest BCUT2D eigenvalue weighted by Crippen LogP contribution is 2.11. The maximum atomic E-state index is 11.4. The van der Waals surface area contributed by atoms with Crippen molar-refractivity contribution in [3.8, 4) is 0 Å². The molecule has 0 aromatic rings. The van der Waals surface area contributed by atoms with Crippen LogP contribution in [0.1, 0.15) is 156 Å². The Morgan fingerprint density at radius 1 is 0.429 bits per heavy atom. The first-order valence-corrected chi connectivity index (χ1v) is 15.8. The molecular formula is C31H64N2O2. The first-order valence-electron chi connectivity index (χ1n) is 15.8. The molecule has 0 aliphatic carbocycles. The van der Waals surface area contributed by atoms with E-state index in [2.05, 4.69) is 30.6 Å². The van der Waals surface area contributed by atoms with Gasteiger partial charge in [0, 0.05) is 13.1 Å². The van der Waals surface area contributed by atoms with Gasteiger partial charge in [-0.15, -0.1) is 0 Å². The second-order valence-electron chi connectivity index (χ2n) is 10.9. The number of nitrogens with zero attached hydrogens (tertiary/aromatic N) is 2. The van der Waals surface area contributed by atoms with Crippen molar-refractivity contribution in [1.82, 2.24) is 9.80 Å². The Morgan fingerprint density at radius 2 is 0.714 bits per heavy atom. The van der Waals surface area contributed by atoms with E-state index in [0.29, 0.717) is 0 Å². The SMILES string of the molecule is CCCCCCCCCN(CCCCCCCCC)CCN(CCCCCCCCC)CC(=O)O. The van der Waals surface area contributed by atoms with Gasteiger partial charge >= 0.3 is 5.97 Å². The predicted molar refractivity (Wildman–Crippen MR) is 154 cm³/mol. The topological polar surface area (TPSA) is 43.8 Å². The van der Waals surface area contributed by atoms with Crippen LogP contribution in [0.4, 0.5) is 0 Å². The fraction of sp³-hybridized carbons (Fsp3) is 0.968. The third kappa shape index (κ3) is 26.3. The fourth-order valence-corrected chi connectivity index (χ4v) is 4.96. The average Bonchev–Trinajstić information content (AvgIpc) is 2.84. The normalized spacial score (nSPS) is 11.7. The molecule has 0 aliphatic heterocycles. The van der Waals surface area contributed by atoms with Crippen molar-refractivity contribution in [2.75, 3.05) is 39.3 Å². The molecule has 1 N–H and O–H groups in total. The third-order valence-corrected chi connectivity index (χ3v) is 7.33. The summed E-state index contributed by atoms with van der Waals surface area (Å²) in [5.41, 5.74) is 0. The van der Waals surface area contributed by atoms with Gasteiger partial charge in [-0.1, -0.05) is 136 Å². The maximum absolute atomic E-state index is 11.4. The minimum absolute atomic E-state index is 0.193. The third-order valence-electron chi connectivity index (χ3n) is 7.33. The standard InChI is InChI=1S/C31H64N2O2/c1-4-7-10-13-16-19-22-25-32(26-23-20-17-14-11-8-5-2)28-29-33(30-31(34)35)27-24-21-18-15-12-9-6-3/h4-30H2,1-3H3,(H,34,35). The molecule has 4 heteroatoms. The van der Waals surface area contributed by atoms with Gasteiger partial charge in [0.05, 0.1) is 6.54 Å². The van der Waals surface area contributed by atoms with Crippen LogP contribution in [0.5, 0.6) is 0 Å². The molecule has 0 fully saturated rings. The molecular weight excluding hydrogens is 432 g/mol. The van der Waals surface area contributed by atoms with Crippen LogP contribution in [-0.4, -0.2) is 60.1 Å². The summed E-state index contributed by atoms with van der Waals surface area (Å²) in [6.07, 6.45) is 27.9. The summed E-state index contributed by atoms with van der Waals surface area (Å²) in [7, 11) is 0. The Hall–Kier alpha value is -0.610. The van der Waals surface area contributed by atoms with E-state index in [-0.39, 0.29) is 6.54 Å². The van der Waals surface area contributed by atoms with Crippen LogP contribution in [0.25, 0.3) is 0 Å². The van der Waals surface area contributed by atoms with E-state index >= 15 is 0 Å². The van der Waals surface area contributed by atoms with E-state index in [0.717, 1.165) is 26.1 Å². The van der Waals surface area contributed by atoms with Crippen molar-refractivity contribution in [2.24, 2.45) is 0 Å². The lowest BCUT2D eigenvalue weighted by Gasteiger charge is -2.27. The number of aliphatic carboxylic acids is 1. The van der Waals surface area contributed by atoms with Gasteiger partial charge < -0.3 is 10.0 Å². The van der Waals surface area contributed by atoms with Gasteiger partial charge in [-0.25, -0.2) is 0 Å². The number of hydrogen-bond donors (Lipinski definition) is 1. The molecule has 0 rings (SSSR count). The van der Waals surface area contributed by atoms with Crippen LogP contribution in [0.3, 0.4) is 0 Å². The van der Waals surface area contributed by atoms with Gasteiger partial charge in [-0.05, 0) is 38.9 Å². The number of rotatable bonds is 29. The van der Waals surface area contributed by atoms with Gasteiger partial charge in [0.25, 0.3) is 0 Å². The van der Waals surface area contributed by atoms with Crippen LogP contribution < -0.4 is 0 Å². The zero-order valence-corrected chi connectivity index (χ0v) is 24.3. The van der Waals surface area contributed by atoms with Crippen LogP contribution >= 0.6 is 0 Å². The second-order valence-corrected chi connectivity index (χ2v) is 10.9. The van der Waals surface area contributed by atoms with E-state index in [1.54, 1.807) is 0 Å². The molecule has 0 aromatic carbocycles. The number of carboxylic acids is 1. The van der Waals surface area contributed by atoms with Crippen LogP contribution in [0.2, 0.25) is 0 Å². The molecule has 210 valence electrons. The highest BCUT2D eigenvalue weighted by molar-refractivity contribution is 5.69. The smallest absolute Gasteiger partial charge is 0.317 e. The molecule has 0 heterocycles. The minimum Gasteiger partial charge on any atom is -0.480 e. The van der Waals surface area contributed by atoms with E-state index in [1.165, 1.54) is 142 Å². The average molecular weight is 497 g/mol. The van der Waals surface area contributed by atoms with Crippen LogP contribution in [0.15, 0.2) is 0 Å². The summed E-state index contributed by atoms with van der Waals surface area (Å²) in [6, 6.07) is 0. The Labute approximate surface area is 220 Å². The second kappa shape index (κ2) is 28.0. The summed E-state index contributed by atoms with van der Waals surface area (Å²) >= 11 is 0. The zero-order valence-electron chi connectivity index (χ0n) is 24.3. The molecule has 0 amide bonds. The molecule has 0 aliphatic rings. The summed E-state index contributed by atoms with van der Waals surface area (Å²) in [6.45, 7) is 12.2. The van der Waals surface area contributed by atoms with Crippen LogP contribution in [0, 0.1) is 0 Å². The van der Waals surface area contributed by atoms with Crippen molar-refractivity contribution in [3.63, 3.8) is 0 Å². The summed E-state index contributed by atoms with van der Waals surface area (Å²) in [5.74, 6) is -0.682. The largest absolute Gasteiger partial charge is 0.480 e. The predicted octanol–water partition coefficient (Wildman–Crippen LogP) is 8.93. The lowest BCUT2D eigenvalue weighted by molar-refractivity contribution is -0.138. The number of unbranched alkanes of at least 4 members (excludes halogenated alkanes) is 18. The quantitative estimate of drug-likeness (QED) is 0.105. The lowest BCUT2D eigenvalue weighted by Crippen LogP contribution is -2.39. The van der Waals surface area contributed by atoms with Gasteiger partial charge in [0.1, 0.15) is 0 Å². The van der Waals surface area contributed by atoms with E-state index in [4.69, 9.17) is 0 Å². The Morgan fingerprint density at radius 3 is 1.06 bits per heavy atom. The molecule has 0 aromatic heterocycles. The van der Waals surface area contributed by atoms with E-state index in [9.17, 15) is 9.90 Å². The monoisotopic (exact) mass is 496 g/mol. The Bertz CT molecular complexity index is 412. The molecule has 35 heavy (non-hydrogen) atoms. The lowest BCUT2D eigenvalue weighted by atomic mass is 10.1. The molecule has 4 nitrogen and oxygen atoms in total. The molecule has 0 radical (unpaired) electrons. The van der Waals surface area contributed by atoms with E-state index < -0.39 is 5.97 Å². The number of carbonyl (C=O) groups is 1. The van der Waals surface area contributed by atoms with Crippen LogP contribution in [-0.2, 0) is 4.79 Å². The summed E-state index contributed by atoms with van der Waals surface area (Å²) in [4.78, 5) is 16.3. The number of carboxylic acid groups (broad SMARTS) is 1. The van der Waals surface area contributed by atoms with Gasteiger partial charge in [-0.2, -0.15) is 0 Å². The Balaban J connectivity index is 4.37. The zero-order chi connectivity index (χ0) is 25.8. The van der Waals surface area contributed by atoms with Gasteiger partial charge in [0.2, 0.25) is 0 Å². The van der Waals surface area contributed by atoms with Crippen molar-refractivity contribution in [1.29, 1.82) is 0 Å². The molecule has 0 saturated heterocycles. The maximum Gasteiger partial charge on any atom is 0.317 e. The van der Waals surface area contributed by atoms with Crippen molar-refractivity contribution in [2.45, 2.75) is 156 Å². The summed E-state index contributed by atoms with van der Waals surface area (Å²) in [5, 5.41) is 9.42. The minimum atomic E-state index is -0.682. The van der Waals surface area contributed by atoms with Crippen molar-refractivity contribution in [3.05, 3.63) is 0 Å². The number of hydrogen-bond acceptors (Lipinski definition) is 3. The molecule has 0 bridgehead atoms. The molecule has 0 saturated carbocycles. The highest BCUT2D eigenvalue weighted by atomic mass is 16.4. The fourth-order valence-electron chi connectivity index (χ4n) is 4.96. The van der Waals surface area contributed by atoms with E-state index in [1.807, 2.05) is 0 Å². The van der Waals surface area contributed by atoms with Crippen molar-refractivity contribution >= 4 is 5.97 Å².